The van der Waals surface area contributed by atoms with E-state index in [1.807, 2.05) is 35.2 Å². The van der Waals surface area contributed by atoms with Crippen molar-refractivity contribution in [3.63, 3.8) is 0 Å². The molecule has 2 fully saturated rings. The lowest BCUT2D eigenvalue weighted by atomic mass is 10.1. The Morgan fingerprint density at radius 1 is 1.05 bits per heavy atom. The van der Waals surface area contributed by atoms with Crippen LogP contribution >= 0.6 is 0 Å². The van der Waals surface area contributed by atoms with Crippen molar-refractivity contribution in [3.05, 3.63) is 92.6 Å². The number of nitrogens with zero attached hydrogens (tertiary/aromatic N) is 6. The Morgan fingerprint density at radius 2 is 1.80 bits per heavy atom. The van der Waals surface area contributed by atoms with Gasteiger partial charge in [0.1, 0.15) is 22.6 Å². The molecule has 208 valence electrons. The number of H-pyrrole nitrogens is 1. The number of anilines is 1. The molecule has 4 heterocycles. The van der Waals surface area contributed by atoms with Crippen molar-refractivity contribution < 1.29 is 14.3 Å². The number of aromatic amines is 1. The van der Waals surface area contributed by atoms with E-state index >= 15 is 4.39 Å². The number of para-hydroxylation sites is 1. The highest BCUT2D eigenvalue weighted by Crippen LogP contribution is 2.38. The summed E-state index contributed by atoms with van der Waals surface area (Å²) in [6.07, 6.45) is 4.67. The molecule has 0 spiro atoms. The van der Waals surface area contributed by atoms with E-state index in [9.17, 15) is 19.5 Å². The van der Waals surface area contributed by atoms with Crippen molar-refractivity contribution in [1.82, 2.24) is 29.2 Å². The number of carboxylic acids is 1. The fourth-order valence-corrected chi connectivity index (χ4v) is 5.56. The third kappa shape index (κ3) is 4.45. The fourth-order valence-electron chi connectivity index (χ4n) is 5.56. The minimum Gasteiger partial charge on any atom is -0.477 e. The zero-order valence-electron chi connectivity index (χ0n) is 22.0. The van der Waals surface area contributed by atoms with Crippen LogP contribution in [0, 0.1) is 5.82 Å². The van der Waals surface area contributed by atoms with Gasteiger partial charge in [0.2, 0.25) is 5.43 Å². The van der Waals surface area contributed by atoms with Gasteiger partial charge in [-0.15, -0.1) is 0 Å². The van der Waals surface area contributed by atoms with Crippen LogP contribution in [0.15, 0.2) is 64.4 Å². The molecule has 5 aromatic rings. The number of aromatic nitrogens is 5. The molecule has 2 aromatic carbocycles. The van der Waals surface area contributed by atoms with Crippen molar-refractivity contribution >= 4 is 33.6 Å². The number of nitrogens with one attached hydrogen (secondary N) is 1. The summed E-state index contributed by atoms with van der Waals surface area (Å²) >= 11 is 0. The van der Waals surface area contributed by atoms with Gasteiger partial charge in [0.15, 0.2) is 5.65 Å². The summed E-state index contributed by atoms with van der Waals surface area (Å²) in [4.78, 5) is 48.8. The van der Waals surface area contributed by atoms with E-state index in [1.165, 1.54) is 18.5 Å². The second-order valence-electron chi connectivity index (χ2n) is 10.5. The van der Waals surface area contributed by atoms with Crippen LogP contribution in [-0.2, 0) is 6.54 Å². The predicted octanol–water partition coefficient (Wildman–Crippen LogP) is 2.92. The number of carboxylic acid groups (broad SMARTS) is 1. The molecule has 11 nitrogen and oxygen atoms in total. The van der Waals surface area contributed by atoms with Gasteiger partial charge in [-0.1, -0.05) is 18.2 Å². The summed E-state index contributed by atoms with van der Waals surface area (Å²) in [5, 5.41) is 14.3. The Morgan fingerprint density at radius 3 is 2.51 bits per heavy atom. The van der Waals surface area contributed by atoms with Gasteiger partial charge in [0, 0.05) is 43.8 Å². The van der Waals surface area contributed by atoms with Gasteiger partial charge in [-0.05, 0) is 37.1 Å². The standard InChI is InChI=1S/C29H26FN7O4/c30-22-12-19-23(36(17-6-7-17)15-21(26(19)38)29(40)41)13-24(22)35-10-8-34(9-11-35)16-25-32-27-20(28(39)33-25)14-31-37(27)18-4-2-1-3-5-18/h1-5,12-15,17H,6-11,16H2,(H,40,41)(H,32,33,39). The highest BCUT2D eigenvalue weighted by molar-refractivity contribution is 5.93. The zero-order valence-corrected chi connectivity index (χ0v) is 22.0. The first-order chi connectivity index (χ1) is 19.9. The molecule has 2 aliphatic rings. The van der Waals surface area contributed by atoms with Crippen LogP contribution in [0.2, 0.25) is 0 Å². The molecular formula is C29H26FN7O4. The topological polar surface area (TPSA) is 129 Å². The van der Waals surface area contributed by atoms with Crippen LogP contribution in [0.4, 0.5) is 10.1 Å². The number of pyridine rings is 1. The molecule has 12 heteroatoms. The molecule has 1 saturated carbocycles. The number of hydrogen-bond acceptors (Lipinski definition) is 7. The maximum absolute atomic E-state index is 15.3. The van der Waals surface area contributed by atoms with E-state index in [0.717, 1.165) is 18.5 Å². The third-order valence-corrected chi connectivity index (χ3v) is 7.85. The molecule has 41 heavy (non-hydrogen) atoms. The minimum atomic E-state index is -1.31. The molecule has 3 aromatic heterocycles. The van der Waals surface area contributed by atoms with E-state index in [2.05, 4.69) is 15.0 Å². The van der Waals surface area contributed by atoms with Crippen LogP contribution in [0.3, 0.4) is 0 Å². The van der Waals surface area contributed by atoms with Crippen molar-refractivity contribution in [2.45, 2.75) is 25.4 Å². The van der Waals surface area contributed by atoms with E-state index in [1.54, 1.807) is 15.3 Å². The predicted molar refractivity (Wildman–Crippen MR) is 150 cm³/mol. The van der Waals surface area contributed by atoms with Crippen molar-refractivity contribution in [3.8, 4) is 5.69 Å². The molecule has 1 saturated heterocycles. The molecule has 0 atom stereocenters. The van der Waals surface area contributed by atoms with Gasteiger partial charge >= 0.3 is 5.97 Å². The number of rotatable bonds is 6. The average Bonchev–Trinajstić information content (AvgIpc) is 3.72. The lowest BCUT2D eigenvalue weighted by molar-refractivity contribution is 0.0695. The summed E-state index contributed by atoms with van der Waals surface area (Å²) < 4.78 is 18.8. The lowest BCUT2D eigenvalue weighted by Crippen LogP contribution is -2.46. The molecule has 0 unspecified atom stereocenters. The summed E-state index contributed by atoms with van der Waals surface area (Å²) in [6.45, 7) is 2.67. The number of hydrogen-bond donors (Lipinski definition) is 2. The Balaban J connectivity index is 1.13. The molecule has 0 radical (unpaired) electrons. The number of piperazine rings is 1. The molecule has 7 rings (SSSR count). The summed E-state index contributed by atoms with van der Waals surface area (Å²) in [6, 6.07) is 12.4. The van der Waals surface area contributed by atoms with E-state index in [0.29, 0.717) is 60.8 Å². The number of halogens is 1. The monoisotopic (exact) mass is 555 g/mol. The highest BCUT2D eigenvalue weighted by Gasteiger charge is 2.28. The highest BCUT2D eigenvalue weighted by atomic mass is 19.1. The van der Waals surface area contributed by atoms with E-state index < -0.39 is 17.2 Å². The molecule has 1 aliphatic heterocycles. The maximum Gasteiger partial charge on any atom is 0.341 e. The molecule has 1 aliphatic carbocycles. The van der Waals surface area contributed by atoms with Gasteiger partial charge in [0.25, 0.3) is 5.56 Å². The van der Waals surface area contributed by atoms with Crippen molar-refractivity contribution in [2.75, 3.05) is 31.1 Å². The Bertz CT molecular complexity index is 1940. The maximum atomic E-state index is 15.3. The first-order valence-corrected chi connectivity index (χ1v) is 13.5. The Labute approximate surface area is 232 Å². The van der Waals surface area contributed by atoms with Crippen molar-refractivity contribution in [1.29, 1.82) is 0 Å². The third-order valence-electron chi connectivity index (χ3n) is 7.85. The van der Waals surface area contributed by atoms with Crippen LogP contribution in [0.5, 0.6) is 0 Å². The average molecular weight is 556 g/mol. The molecule has 0 bridgehead atoms. The van der Waals surface area contributed by atoms with E-state index in [-0.39, 0.29) is 22.6 Å². The number of benzene rings is 2. The second kappa shape index (κ2) is 9.66. The van der Waals surface area contributed by atoms with Crippen LogP contribution in [0.25, 0.3) is 27.6 Å². The molecular weight excluding hydrogens is 529 g/mol. The van der Waals surface area contributed by atoms with Gasteiger partial charge < -0.3 is 19.6 Å². The number of aromatic carboxylic acids is 1. The molecule has 2 N–H and O–H groups in total. The minimum absolute atomic E-state index is 0.0804. The number of carbonyl (C=O) groups is 1. The van der Waals surface area contributed by atoms with E-state index in [4.69, 9.17) is 4.98 Å². The van der Waals surface area contributed by atoms with Crippen LogP contribution < -0.4 is 15.9 Å². The number of fused-ring (bicyclic) bond motifs is 2. The summed E-state index contributed by atoms with van der Waals surface area (Å²) in [7, 11) is 0. The van der Waals surface area contributed by atoms with Gasteiger partial charge in [0.05, 0.1) is 29.6 Å². The quantitative estimate of drug-likeness (QED) is 0.327. The first kappa shape index (κ1) is 25.1. The molecule has 0 amide bonds. The Kier molecular flexibility index (Phi) is 5.93. The first-order valence-electron chi connectivity index (χ1n) is 13.5. The van der Waals surface area contributed by atoms with Gasteiger partial charge in [-0.2, -0.15) is 5.10 Å². The second-order valence-corrected chi connectivity index (χ2v) is 10.5. The summed E-state index contributed by atoms with van der Waals surface area (Å²) in [5.41, 5.74) is 0.953. The zero-order chi connectivity index (χ0) is 28.2. The van der Waals surface area contributed by atoms with Gasteiger partial charge in [-0.3, -0.25) is 14.5 Å². The SMILES string of the molecule is O=C(O)c1cn(C2CC2)c2cc(N3CCN(Cc4nc5c(cnn5-c5ccccc5)c(=O)[nH]4)CC3)c(F)cc2c1=O. The smallest absolute Gasteiger partial charge is 0.341 e. The Hall–Kier alpha value is -4.84. The van der Waals surface area contributed by atoms with Gasteiger partial charge in [-0.25, -0.2) is 18.9 Å². The van der Waals surface area contributed by atoms with Crippen LogP contribution in [0.1, 0.15) is 35.1 Å². The lowest BCUT2D eigenvalue weighted by Gasteiger charge is -2.36. The normalized spacial score (nSPS) is 16.1. The van der Waals surface area contributed by atoms with Crippen molar-refractivity contribution in [2.24, 2.45) is 0 Å². The van der Waals surface area contributed by atoms with Crippen LogP contribution in [-0.4, -0.2) is 66.5 Å². The largest absolute Gasteiger partial charge is 0.477 e. The summed E-state index contributed by atoms with van der Waals surface area (Å²) in [5.74, 6) is -1.35. The fraction of sp³-hybridized carbons (Fsp3) is 0.276.